The Morgan fingerprint density at radius 1 is 0.500 bits per heavy atom. The third-order valence-corrected chi connectivity index (χ3v) is 5.47. The average molecular weight is 814 g/mol. The number of hydrogen-bond donors (Lipinski definition) is 2. The molecule has 4 nitrogen and oxygen atoms in total. The zero-order chi connectivity index (χ0) is 24.5. The SMILES string of the molecule is O/N=C(/c1[c-]cc(Cl)cc1)c1ccc(Cl)cc1.O/N=C(\c1[c-]cc(Cl)cc1)c1ccc(Cl)cc1.[Cl-].[Cl-].[Pd+2].[Pd+2]. The first kappa shape index (κ1) is 39.0. The van der Waals surface area contributed by atoms with E-state index < -0.39 is 0 Å². The van der Waals surface area contributed by atoms with E-state index in [0.29, 0.717) is 42.6 Å². The molecular weight excluding hydrogens is 798 g/mol. The van der Waals surface area contributed by atoms with Crippen molar-refractivity contribution in [2.45, 2.75) is 0 Å². The number of rotatable bonds is 4. The quantitative estimate of drug-likeness (QED) is 0.109. The molecule has 12 heteroatoms. The van der Waals surface area contributed by atoms with Gasteiger partial charge in [-0.25, -0.2) is 0 Å². The van der Waals surface area contributed by atoms with E-state index in [4.69, 9.17) is 56.8 Å². The molecule has 0 spiro atoms. The van der Waals surface area contributed by atoms with Gasteiger partial charge in [0.2, 0.25) is 0 Å². The van der Waals surface area contributed by atoms with Crippen LogP contribution in [0.1, 0.15) is 22.3 Å². The van der Waals surface area contributed by atoms with Crippen LogP contribution in [0.5, 0.6) is 0 Å². The van der Waals surface area contributed by atoms with E-state index >= 15 is 0 Å². The molecule has 4 rings (SSSR count). The van der Waals surface area contributed by atoms with E-state index in [1.807, 2.05) is 0 Å². The van der Waals surface area contributed by atoms with Crippen molar-refractivity contribution >= 4 is 57.8 Å². The summed E-state index contributed by atoms with van der Waals surface area (Å²) in [7, 11) is 0. The summed E-state index contributed by atoms with van der Waals surface area (Å²) >= 11 is 23.1. The first-order chi connectivity index (χ1) is 16.4. The molecule has 0 aliphatic heterocycles. The zero-order valence-electron chi connectivity index (χ0n) is 18.8. The maximum absolute atomic E-state index is 9.07. The van der Waals surface area contributed by atoms with Gasteiger partial charge in [-0.3, -0.25) is 0 Å². The van der Waals surface area contributed by atoms with Gasteiger partial charge in [-0.1, -0.05) is 47.5 Å². The minimum absolute atomic E-state index is 0. The van der Waals surface area contributed by atoms with Crippen molar-refractivity contribution < 1.29 is 76.1 Å². The summed E-state index contributed by atoms with van der Waals surface area (Å²) in [6.45, 7) is 0. The third-order valence-electron chi connectivity index (χ3n) is 4.50. The molecule has 0 heterocycles. The Bertz CT molecular complexity index is 1090. The molecule has 0 amide bonds. The molecule has 2 N–H and O–H groups in total. The van der Waals surface area contributed by atoms with Crippen LogP contribution >= 0.6 is 46.4 Å². The van der Waals surface area contributed by atoms with Crippen LogP contribution in [-0.4, -0.2) is 21.8 Å². The second-order valence-corrected chi connectivity index (χ2v) is 8.50. The van der Waals surface area contributed by atoms with Gasteiger partial charge < -0.3 is 35.2 Å². The van der Waals surface area contributed by atoms with Crippen molar-refractivity contribution in [3.63, 3.8) is 0 Å². The number of halogens is 6. The molecule has 4 aromatic carbocycles. The molecule has 0 unspecified atom stereocenters. The molecule has 0 aromatic heterocycles. The van der Waals surface area contributed by atoms with Crippen molar-refractivity contribution in [2.75, 3.05) is 0 Å². The van der Waals surface area contributed by atoms with Gasteiger partial charge in [0.05, 0.1) is 0 Å². The van der Waals surface area contributed by atoms with E-state index in [1.165, 1.54) is 0 Å². The molecular formula is C26H16Cl6N2O2Pd2. The molecule has 0 saturated carbocycles. The summed E-state index contributed by atoms with van der Waals surface area (Å²) in [6, 6.07) is 30.1. The Morgan fingerprint density at radius 2 is 0.789 bits per heavy atom. The molecule has 0 bridgehead atoms. The standard InChI is InChI=1S/2C13H8Cl2NO.2ClH.2Pd/c2*14-11-5-1-9(2-6-11)13(16-17)10-3-7-12(15)8-4-10;;;;/h2*1-3,5-8,17H;2*1H;;/q2*-1;;;2*+2/p-2/b16-13+;16-13-;;;;. The zero-order valence-corrected chi connectivity index (χ0v) is 26.4. The second-order valence-electron chi connectivity index (χ2n) is 6.75. The molecule has 204 valence electrons. The predicted molar refractivity (Wildman–Crippen MR) is 138 cm³/mol. The Hall–Kier alpha value is -1.12. The average Bonchev–Trinajstić information content (AvgIpc) is 2.85. The topological polar surface area (TPSA) is 65.2 Å². The smallest absolute Gasteiger partial charge is 1.00 e. The maximum Gasteiger partial charge on any atom is 2.00 e. The van der Waals surface area contributed by atoms with Gasteiger partial charge in [-0.15, -0.1) is 93.2 Å². The van der Waals surface area contributed by atoms with Crippen molar-refractivity contribution in [1.82, 2.24) is 0 Å². The van der Waals surface area contributed by atoms with Crippen LogP contribution in [0.25, 0.3) is 0 Å². The Morgan fingerprint density at radius 3 is 1.03 bits per heavy atom. The van der Waals surface area contributed by atoms with Gasteiger partial charge in [-0.05, 0) is 45.4 Å². The second kappa shape index (κ2) is 19.9. The molecule has 0 saturated heterocycles. The summed E-state index contributed by atoms with van der Waals surface area (Å²) in [5.41, 5.74) is 3.71. The van der Waals surface area contributed by atoms with Gasteiger partial charge in [0.1, 0.15) is 0 Å². The molecule has 0 radical (unpaired) electrons. The molecule has 4 aromatic rings. The number of oxime groups is 2. The fourth-order valence-electron chi connectivity index (χ4n) is 2.86. The van der Waals surface area contributed by atoms with E-state index in [-0.39, 0.29) is 65.7 Å². The number of hydrogen-bond acceptors (Lipinski definition) is 4. The number of benzene rings is 4. The summed E-state index contributed by atoms with van der Waals surface area (Å²) < 4.78 is 0. The predicted octanol–water partition coefficient (Wildman–Crippen LogP) is 2.04. The molecule has 0 fully saturated rings. The monoisotopic (exact) mass is 810 g/mol. The van der Waals surface area contributed by atoms with Crippen LogP contribution in [0.4, 0.5) is 0 Å². The summed E-state index contributed by atoms with van der Waals surface area (Å²) in [5, 5.41) is 27.2. The van der Waals surface area contributed by atoms with E-state index in [1.54, 1.807) is 84.9 Å². The van der Waals surface area contributed by atoms with Crippen molar-refractivity contribution in [2.24, 2.45) is 10.3 Å². The largest absolute Gasteiger partial charge is 2.00 e. The van der Waals surface area contributed by atoms with Crippen LogP contribution < -0.4 is 24.8 Å². The van der Waals surface area contributed by atoms with Crippen LogP contribution in [0.3, 0.4) is 0 Å². The molecule has 0 atom stereocenters. The van der Waals surface area contributed by atoms with Crippen LogP contribution in [-0.2, 0) is 40.8 Å². The Kier molecular flexibility index (Phi) is 20.4. The summed E-state index contributed by atoms with van der Waals surface area (Å²) in [4.78, 5) is 0. The normalized spacial score (nSPS) is 10.3. The van der Waals surface area contributed by atoms with Gasteiger partial charge in [-0.2, -0.15) is 0 Å². The Labute approximate surface area is 281 Å². The fourth-order valence-corrected chi connectivity index (χ4v) is 3.34. The van der Waals surface area contributed by atoms with E-state index in [0.717, 1.165) is 11.1 Å². The van der Waals surface area contributed by atoms with Crippen molar-refractivity contribution in [3.05, 3.63) is 139 Å². The first-order valence-electron chi connectivity index (χ1n) is 9.72. The molecule has 0 aliphatic rings. The van der Waals surface area contributed by atoms with Crippen LogP contribution in [0.2, 0.25) is 20.1 Å². The van der Waals surface area contributed by atoms with E-state index in [2.05, 4.69) is 22.4 Å². The Balaban J connectivity index is 0. The minimum atomic E-state index is 0. The summed E-state index contributed by atoms with van der Waals surface area (Å²) in [5.74, 6) is 0. The minimum Gasteiger partial charge on any atom is -1.00 e. The van der Waals surface area contributed by atoms with Crippen LogP contribution in [0, 0.1) is 12.1 Å². The summed E-state index contributed by atoms with van der Waals surface area (Å²) in [6.07, 6.45) is 0. The third kappa shape index (κ3) is 11.6. The molecule has 38 heavy (non-hydrogen) atoms. The molecule has 0 aliphatic carbocycles. The van der Waals surface area contributed by atoms with Gasteiger partial charge in [0, 0.05) is 21.5 Å². The first-order valence-corrected chi connectivity index (χ1v) is 11.2. The number of nitrogens with zero attached hydrogens (tertiary/aromatic N) is 2. The fraction of sp³-hybridized carbons (Fsp3) is 0. The van der Waals surface area contributed by atoms with Gasteiger partial charge >= 0.3 is 40.8 Å². The van der Waals surface area contributed by atoms with Crippen molar-refractivity contribution in [3.8, 4) is 0 Å². The van der Waals surface area contributed by atoms with Gasteiger partial charge in [0.15, 0.2) is 0 Å². The van der Waals surface area contributed by atoms with Gasteiger partial charge in [0.25, 0.3) is 0 Å². The van der Waals surface area contributed by atoms with Crippen molar-refractivity contribution in [1.29, 1.82) is 0 Å². The maximum atomic E-state index is 9.07. The van der Waals surface area contributed by atoms with E-state index in [9.17, 15) is 0 Å². The van der Waals surface area contributed by atoms with Crippen LogP contribution in [0.15, 0.2) is 95.2 Å².